The fraction of sp³-hybridized carbons (Fsp3) is 0.359. The third-order valence-corrected chi connectivity index (χ3v) is 7.24. The van der Waals surface area contributed by atoms with Crippen molar-refractivity contribution in [1.29, 1.82) is 0 Å². The number of esters is 1. The lowest BCUT2D eigenvalue weighted by Crippen LogP contribution is -2.14. The van der Waals surface area contributed by atoms with Crippen molar-refractivity contribution in [2.75, 3.05) is 20.3 Å². The minimum atomic E-state index is -0.315. The average molecular weight is 597 g/mol. The number of hydrogen-bond donors (Lipinski definition) is 1. The van der Waals surface area contributed by atoms with Gasteiger partial charge in [-0.25, -0.2) is 4.79 Å². The summed E-state index contributed by atoms with van der Waals surface area (Å²) in [5.41, 5.74) is 8.31. The Labute approximate surface area is 263 Å². The van der Waals surface area contributed by atoms with Gasteiger partial charge >= 0.3 is 5.97 Å². The maximum atomic E-state index is 11.8. The van der Waals surface area contributed by atoms with Gasteiger partial charge in [0, 0.05) is 0 Å². The molecular weight excluding hydrogens is 548 g/mol. The Morgan fingerprint density at radius 2 is 1.14 bits per heavy atom. The second kappa shape index (κ2) is 15.1. The highest BCUT2D eigenvalue weighted by atomic mass is 16.5. The van der Waals surface area contributed by atoms with E-state index in [4.69, 9.17) is 14.2 Å². The Hall–Kier alpha value is -4.09. The van der Waals surface area contributed by atoms with Gasteiger partial charge in [0.05, 0.1) is 32.5 Å². The Bertz CT molecular complexity index is 1540. The van der Waals surface area contributed by atoms with Gasteiger partial charge in [0.2, 0.25) is 0 Å². The standard InChI is InChI=1S/C20H24O3.C19H24O2/c1-6-23-16-9-7-8-14(12-16)17-11-10-15(19(21)22-5)13-18(17)20(2,3)4;1-5-21-16-8-6-7-15(12-16)17-10-9-14(13-20)11-18(17)19(2,3)4/h7-13H,6H2,1-5H3;6-12,20H,5,13H2,1-4H3. The molecule has 0 saturated heterocycles. The summed E-state index contributed by atoms with van der Waals surface area (Å²) in [6.07, 6.45) is 0. The van der Waals surface area contributed by atoms with Gasteiger partial charge in [-0.1, -0.05) is 90.1 Å². The maximum absolute atomic E-state index is 11.8. The highest BCUT2D eigenvalue weighted by Gasteiger charge is 2.22. The number of benzene rings is 4. The second-order valence-electron chi connectivity index (χ2n) is 12.7. The molecule has 0 fully saturated rings. The van der Waals surface area contributed by atoms with Gasteiger partial charge in [-0.15, -0.1) is 0 Å². The molecule has 0 amide bonds. The summed E-state index contributed by atoms with van der Waals surface area (Å²) < 4.78 is 16.0. The van der Waals surface area contributed by atoms with Crippen LogP contribution in [-0.4, -0.2) is 31.4 Å². The van der Waals surface area contributed by atoms with Crippen LogP contribution in [0.2, 0.25) is 0 Å². The number of carbonyl (C=O) groups excluding carboxylic acids is 1. The molecule has 0 unspecified atom stereocenters. The summed E-state index contributed by atoms with van der Waals surface area (Å²) in [4.78, 5) is 11.8. The van der Waals surface area contributed by atoms with Crippen molar-refractivity contribution in [1.82, 2.24) is 0 Å². The van der Waals surface area contributed by atoms with Gasteiger partial charge in [-0.3, -0.25) is 0 Å². The smallest absolute Gasteiger partial charge is 0.337 e. The zero-order chi connectivity index (χ0) is 32.5. The van der Waals surface area contributed by atoms with Crippen LogP contribution in [0.15, 0.2) is 84.9 Å². The molecule has 4 aromatic carbocycles. The largest absolute Gasteiger partial charge is 0.494 e. The van der Waals surface area contributed by atoms with E-state index in [-0.39, 0.29) is 23.4 Å². The van der Waals surface area contributed by atoms with Crippen LogP contribution < -0.4 is 9.47 Å². The van der Waals surface area contributed by atoms with Gasteiger partial charge in [-0.2, -0.15) is 0 Å². The fourth-order valence-electron chi connectivity index (χ4n) is 5.06. The third-order valence-electron chi connectivity index (χ3n) is 7.24. The topological polar surface area (TPSA) is 65.0 Å². The third kappa shape index (κ3) is 8.96. The number of rotatable bonds is 8. The van der Waals surface area contributed by atoms with E-state index in [0.29, 0.717) is 18.8 Å². The van der Waals surface area contributed by atoms with Gasteiger partial charge in [-0.05, 0) is 100 Å². The van der Waals surface area contributed by atoms with Crippen LogP contribution in [-0.2, 0) is 22.2 Å². The van der Waals surface area contributed by atoms with Crippen LogP contribution in [0.4, 0.5) is 0 Å². The summed E-state index contributed by atoms with van der Waals surface area (Å²) in [7, 11) is 1.40. The molecule has 0 atom stereocenters. The lowest BCUT2D eigenvalue weighted by atomic mass is 9.81. The van der Waals surface area contributed by atoms with E-state index < -0.39 is 0 Å². The number of aliphatic hydroxyl groups excluding tert-OH is 1. The summed E-state index contributed by atoms with van der Waals surface area (Å²) in [6, 6.07) is 28.1. The van der Waals surface area contributed by atoms with Crippen LogP contribution in [0.1, 0.15) is 82.4 Å². The lowest BCUT2D eigenvalue weighted by molar-refractivity contribution is 0.0600. The Morgan fingerprint density at radius 1 is 0.659 bits per heavy atom. The van der Waals surface area contributed by atoms with Gasteiger partial charge in [0.1, 0.15) is 11.5 Å². The number of hydrogen-bond acceptors (Lipinski definition) is 5. The molecule has 234 valence electrons. The molecule has 0 bridgehead atoms. The van der Waals surface area contributed by atoms with E-state index in [1.165, 1.54) is 18.2 Å². The predicted molar refractivity (Wildman–Crippen MR) is 181 cm³/mol. The number of ether oxygens (including phenoxy) is 3. The monoisotopic (exact) mass is 596 g/mol. The summed E-state index contributed by atoms with van der Waals surface area (Å²) in [5.74, 6) is 1.42. The molecule has 0 aliphatic rings. The molecule has 0 spiro atoms. The molecule has 0 aromatic heterocycles. The second-order valence-corrected chi connectivity index (χ2v) is 12.7. The van der Waals surface area contributed by atoms with Crippen molar-refractivity contribution in [2.45, 2.75) is 72.8 Å². The first-order chi connectivity index (χ1) is 20.8. The molecule has 44 heavy (non-hydrogen) atoms. The predicted octanol–water partition coefficient (Wildman–Crippen LogP) is 9.38. The van der Waals surface area contributed by atoms with E-state index in [1.54, 1.807) is 0 Å². The normalized spacial score (nSPS) is 11.3. The Balaban J connectivity index is 0.000000241. The SMILES string of the molecule is CCOc1cccc(-c2ccc(C(=O)OC)cc2C(C)(C)C)c1.CCOc1cccc(-c2ccc(CO)cc2C(C)(C)C)c1. The van der Waals surface area contributed by atoms with Crippen molar-refractivity contribution in [3.05, 3.63) is 107 Å². The zero-order valence-electron chi connectivity index (χ0n) is 27.8. The van der Waals surface area contributed by atoms with Crippen LogP contribution in [0.25, 0.3) is 22.3 Å². The molecule has 0 saturated carbocycles. The van der Waals surface area contributed by atoms with Gasteiger partial charge in [0.15, 0.2) is 0 Å². The molecule has 4 aromatic rings. The molecule has 4 rings (SSSR count). The van der Waals surface area contributed by atoms with Gasteiger partial charge < -0.3 is 19.3 Å². The zero-order valence-corrected chi connectivity index (χ0v) is 27.8. The van der Waals surface area contributed by atoms with Crippen LogP contribution in [0.5, 0.6) is 11.5 Å². The minimum Gasteiger partial charge on any atom is -0.494 e. The van der Waals surface area contributed by atoms with Gasteiger partial charge in [0.25, 0.3) is 0 Å². The van der Waals surface area contributed by atoms with Crippen molar-refractivity contribution in [3.8, 4) is 33.8 Å². The molecule has 5 heteroatoms. The summed E-state index contributed by atoms with van der Waals surface area (Å²) in [5, 5.41) is 9.38. The average Bonchev–Trinajstić information content (AvgIpc) is 3.00. The van der Waals surface area contributed by atoms with E-state index in [1.807, 2.05) is 68.4 Å². The minimum absolute atomic E-state index is 0.0160. The van der Waals surface area contributed by atoms with Crippen molar-refractivity contribution in [2.24, 2.45) is 0 Å². The molecule has 1 N–H and O–H groups in total. The summed E-state index contributed by atoms with van der Waals surface area (Å²) >= 11 is 0. The highest BCUT2D eigenvalue weighted by Crippen LogP contribution is 2.36. The first kappa shape index (κ1) is 34.4. The number of aliphatic hydroxyl groups is 1. The molecule has 0 heterocycles. The molecular formula is C39H48O5. The Morgan fingerprint density at radius 3 is 1.57 bits per heavy atom. The van der Waals surface area contributed by atoms with Crippen molar-refractivity contribution < 1.29 is 24.1 Å². The van der Waals surface area contributed by atoms with E-state index in [2.05, 4.69) is 71.9 Å². The highest BCUT2D eigenvalue weighted by molar-refractivity contribution is 5.91. The summed E-state index contributed by atoms with van der Waals surface area (Å²) in [6.45, 7) is 18.3. The molecule has 5 nitrogen and oxygen atoms in total. The maximum Gasteiger partial charge on any atom is 0.337 e. The van der Waals surface area contributed by atoms with Crippen molar-refractivity contribution >= 4 is 5.97 Å². The fourth-order valence-corrected chi connectivity index (χ4v) is 5.06. The Kier molecular flexibility index (Phi) is 11.8. The van der Waals surface area contributed by atoms with Crippen molar-refractivity contribution in [3.63, 3.8) is 0 Å². The lowest BCUT2D eigenvalue weighted by Gasteiger charge is -2.24. The first-order valence-electron chi connectivity index (χ1n) is 15.3. The molecule has 0 aliphatic heterocycles. The number of carbonyl (C=O) groups is 1. The molecule has 0 radical (unpaired) electrons. The van der Waals surface area contributed by atoms with Crippen LogP contribution in [0.3, 0.4) is 0 Å². The number of methoxy groups -OCH3 is 1. The van der Waals surface area contributed by atoms with E-state index in [9.17, 15) is 9.90 Å². The quantitative estimate of drug-likeness (QED) is 0.205. The first-order valence-corrected chi connectivity index (χ1v) is 15.3. The van der Waals surface area contributed by atoms with E-state index >= 15 is 0 Å². The van der Waals surface area contributed by atoms with Crippen LogP contribution in [0, 0.1) is 0 Å². The van der Waals surface area contributed by atoms with Crippen LogP contribution >= 0.6 is 0 Å². The molecule has 0 aliphatic carbocycles. The van der Waals surface area contributed by atoms with E-state index in [0.717, 1.165) is 39.3 Å².